The molecule has 18 heavy (non-hydrogen) atoms. The molecular formula is C14H28N2O2. The molecule has 1 unspecified atom stereocenters. The predicted molar refractivity (Wildman–Crippen MR) is 73.6 cm³/mol. The van der Waals surface area contributed by atoms with Crippen LogP contribution in [0.15, 0.2) is 0 Å². The van der Waals surface area contributed by atoms with Gasteiger partial charge < -0.3 is 15.0 Å². The average molecular weight is 256 g/mol. The Morgan fingerprint density at radius 1 is 1.50 bits per heavy atom. The van der Waals surface area contributed by atoms with E-state index in [0.717, 1.165) is 26.1 Å². The maximum atomic E-state index is 12.2. The summed E-state index contributed by atoms with van der Waals surface area (Å²) >= 11 is 0. The fraction of sp³-hybridized carbons (Fsp3) is 0.929. The molecule has 1 heterocycles. The Kier molecular flexibility index (Phi) is 7.28. The number of nitrogens with one attached hydrogen (secondary N) is 1. The van der Waals surface area contributed by atoms with E-state index in [1.165, 1.54) is 12.8 Å². The summed E-state index contributed by atoms with van der Waals surface area (Å²) in [6, 6.07) is 0.495. The van der Waals surface area contributed by atoms with Crippen LogP contribution in [0.2, 0.25) is 0 Å². The second-order valence-corrected chi connectivity index (χ2v) is 5.58. The highest BCUT2D eigenvalue weighted by molar-refractivity contribution is 5.76. The molecule has 0 saturated carbocycles. The van der Waals surface area contributed by atoms with Crippen molar-refractivity contribution < 1.29 is 9.53 Å². The first kappa shape index (κ1) is 15.4. The van der Waals surface area contributed by atoms with E-state index in [1.807, 2.05) is 4.90 Å². The molecule has 1 N–H and O–H groups in total. The molecule has 0 aromatic heterocycles. The molecule has 1 atom stereocenters. The molecule has 1 aliphatic heterocycles. The van der Waals surface area contributed by atoms with Crippen LogP contribution in [0.4, 0.5) is 0 Å². The molecule has 1 rings (SSSR count). The number of carbonyl (C=O) groups is 1. The number of hydrogen-bond donors (Lipinski definition) is 1. The predicted octanol–water partition coefficient (Wildman–Crippen LogP) is 1.65. The van der Waals surface area contributed by atoms with Crippen molar-refractivity contribution in [1.82, 2.24) is 10.2 Å². The number of methoxy groups -OCH3 is 1. The van der Waals surface area contributed by atoms with Gasteiger partial charge in [-0.05, 0) is 31.7 Å². The van der Waals surface area contributed by atoms with Crippen molar-refractivity contribution in [2.24, 2.45) is 5.92 Å². The van der Waals surface area contributed by atoms with Crippen LogP contribution in [0.1, 0.15) is 39.5 Å². The van der Waals surface area contributed by atoms with Gasteiger partial charge in [0.1, 0.15) is 0 Å². The number of ether oxygens (including phenoxy) is 1. The zero-order chi connectivity index (χ0) is 13.4. The van der Waals surface area contributed by atoms with Crippen molar-refractivity contribution in [1.29, 1.82) is 0 Å². The van der Waals surface area contributed by atoms with Crippen LogP contribution in [-0.4, -0.2) is 50.2 Å². The molecule has 1 amide bonds. The number of hydrogen-bond acceptors (Lipinski definition) is 3. The summed E-state index contributed by atoms with van der Waals surface area (Å²) in [5.74, 6) is 0.798. The van der Waals surface area contributed by atoms with E-state index in [2.05, 4.69) is 19.2 Å². The lowest BCUT2D eigenvalue weighted by Gasteiger charge is -2.27. The maximum Gasteiger partial charge on any atom is 0.222 e. The highest BCUT2D eigenvalue weighted by atomic mass is 16.5. The normalized spacial score (nSPS) is 19.4. The van der Waals surface area contributed by atoms with Crippen molar-refractivity contribution in [2.45, 2.75) is 45.6 Å². The first-order valence-corrected chi connectivity index (χ1v) is 7.13. The zero-order valence-electron chi connectivity index (χ0n) is 12.1. The third-order valence-electron chi connectivity index (χ3n) is 3.28. The van der Waals surface area contributed by atoms with Crippen molar-refractivity contribution in [3.05, 3.63) is 0 Å². The Labute approximate surface area is 111 Å². The van der Waals surface area contributed by atoms with Gasteiger partial charge in [-0.15, -0.1) is 0 Å². The first-order valence-electron chi connectivity index (χ1n) is 7.13. The van der Waals surface area contributed by atoms with Gasteiger partial charge in [0.05, 0.1) is 0 Å². The van der Waals surface area contributed by atoms with E-state index < -0.39 is 0 Å². The van der Waals surface area contributed by atoms with Crippen LogP contribution in [0.5, 0.6) is 0 Å². The molecule has 1 fully saturated rings. The lowest BCUT2D eigenvalue weighted by Crippen LogP contribution is -2.42. The molecular weight excluding hydrogens is 228 g/mol. The fourth-order valence-electron chi connectivity index (χ4n) is 2.42. The number of nitrogens with zero attached hydrogens (tertiary/aromatic N) is 1. The fourth-order valence-corrected chi connectivity index (χ4v) is 2.42. The molecule has 4 heteroatoms. The van der Waals surface area contributed by atoms with Gasteiger partial charge in [0.2, 0.25) is 5.91 Å². The van der Waals surface area contributed by atoms with Crippen molar-refractivity contribution >= 4 is 5.91 Å². The number of carbonyl (C=O) groups excluding carboxylic acids is 1. The standard InChI is InChI=1S/C14H28N2O2/c1-12(2)10-16(11-13-6-4-8-15-13)14(17)7-5-9-18-3/h12-13,15H,4-11H2,1-3H3. The Morgan fingerprint density at radius 3 is 2.83 bits per heavy atom. The molecule has 0 spiro atoms. The third kappa shape index (κ3) is 5.83. The van der Waals surface area contributed by atoms with Crippen LogP contribution in [0, 0.1) is 5.92 Å². The first-order chi connectivity index (χ1) is 8.63. The lowest BCUT2D eigenvalue weighted by molar-refractivity contribution is -0.132. The van der Waals surface area contributed by atoms with Gasteiger partial charge in [0.25, 0.3) is 0 Å². The van der Waals surface area contributed by atoms with Gasteiger partial charge in [-0.3, -0.25) is 4.79 Å². The highest BCUT2D eigenvalue weighted by Gasteiger charge is 2.21. The Balaban J connectivity index is 2.39. The van der Waals surface area contributed by atoms with E-state index in [9.17, 15) is 4.79 Å². The van der Waals surface area contributed by atoms with Crippen LogP contribution in [-0.2, 0) is 9.53 Å². The summed E-state index contributed by atoms with van der Waals surface area (Å²) in [7, 11) is 1.68. The minimum atomic E-state index is 0.273. The molecule has 0 aliphatic carbocycles. The van der Waals surface area contributed by atoms with Gasteiger partial charge in [-0.1, -0.05) is 13.8 Å². The van der Waals surface area contributed by atoms with Crippen molar-refractivity contribution in [3.63, 3.8) is 0 Å². The summed E-state index contributed by atoms with van der Waals surface area (Å²) in [4.78, 5) is 14.2. The van der Waals surface area contributed by atoms with E-state index in [1.54, 1.807) is 7.11 Å². The smallest absolute Gasteiger partial charge is 0.222 e. The van der Waals surface area contributed by atoms with Crippen LogP contribution >= 0.6 is 0 Å². The van der Waals surface area contributed by atoms with E-state index in [4.69, 9.17) is 4.74 Å². The monoisotopic (exact) mass is 256 g/mol. The summed E-state index contributed by atoms with van der Waals surface area (Å²) < 4.78 is 5.00. The SMILES string of the molecule is COCCCC(=O)N(CC(C)C)CC1CCCN1. The van der Waals surface area contributed by atoms with E-state index in [-0.39, 0.29) is 5.91 Å². The summed E-state index contributed by atoms with van der Waals surface area (Å²) in [5, 5.41) is 3.46. The van der Waals surface area contributed by atoms with Gasteiger partial charge in [-0.25, -0.2) is 0 Å². The molecule has 1 aliphatic rings. The minimum absolute atomic E-state index is 0.273. The molecule has 1 saturated heterocycles. The van der Waals surface area contributed by atoms with Gasteiger partial charge in [0, 0.05) is 39.3 Å². The molecule has 4 nitrogen and oxygen atoms in total. The molecule has 106 valence electrons. The Morgan fingerprint density at radius 2 is 2.28 bits per heavy atom. The van der Waals surface area contributed by atoms with E-state index >= 15 is 0 Å². The zero-order valence-corrected chi connectivity index (χ0v) is 12.1. The largest absolute Gasteiger partial charge is 0.385 e. The molecule has 0 bridgehead atoms. The average Bonchev–Trinajstić information content (AvgIpc) is 2.80. The molecule has 0 aromatic rings. The number of rotatable bonds is 8. The summed E-state index contributed by atoms with van der Waals surface area (Å²) in [6.45, 7) is 7.82. The van der Waals surface area contributed by atoms with E-state index in [0.29, 0.717) is 25.0 Å². The maximum absolute atomic E-state index is 12.2. The number of amides is 1. The lowest BCUT2D eigenvalue weighted by atomic mass is 10.1. The Bertz CT molecular complexity index is 238. The highest BCUT2D eigenvalue weighted by Crippen LogP contribution is 2.10. The van der Waals surface area contributed by atoms with Crippen LogP contribution in [0.25, 0.3) is 0 Å². The second-order valence-electron chi connectivity index (χ2n) is 5.58. The second kappa shape index (κ2) is 8.48. The van der Waals surface area contributed by atoms with Crippen LogP contribution < -0.4 is 5.32 Å². The summed E-state index contributed by atoms with van der Waals surface area (Å²) in [5.41, 5.74) is 0. The van der Waals surface area contributed by atoms with Gasteiger partial charge in [-0.2, -0.15) is 0 Å². The van der Waals surface area contributed by atoms with Crippen molar-refractivity contribution in [2.75, 3.05) is 33.4 Å². The quantitative estimate of drug-likeness (QED) is 0.671. The third-order valence-corrected chi connectivity index (χ3v) is 3.28. The van der Waals surface area contributed by atoms with Gasteiger partial charge in [0.15, 0.2) is 0 Å². The topological polar surface area (TPSA) is 41.6 Å². The van der Waals surface area contributed by atoms with Gasteiger partial charge >= 0.3 is 0 Å². The molecule has 0 aromatic carbocycles. The minimum Gasteiger partial charge on any atom is -0.385 e. The molecule has 0 radical (unpaired) electrons. The van der Waals surface area contributed by atoms with Crippen molar-refractivity contribution in [3.8, 4) is 0 Å². The Hall–Kier alpha value is -0.610. The van der Waals surface area contributed by atoms with Crippen LogP contribution in [0.3, 0.4) is 0 Å². The summed E-state index contributed by atoms with van der Waals surface area (Å²) in [6.07, 6.45) is 3.85.